The predicted octanol–water partition coefficient (Wildman–Crippen LogP) is 3.27. The third kappa shape index (κ3) is 3.16. The summed E-state index contributed by atoms with van der Waals surface area (Å²) in [7, 11) is 1.61. The van der Waals surface area contributed by atoms with Crippen molar-refractivity contribution < 1.29 is 19.0 Å². The monoisotopic (exact) mass is 374 g/mol. The van der Waals surface area contributed by atoms with Crippen LogP contribution in [0, 0.1) is 0 Å². The van der Waals surface area contributed by atoms with E-state index in [9.17, 15) is 4.79 Å². The van der Waals surface area contributed by atoms with Gasteiger partial charge >= 0.3 is 0 Å². The molecule has 1 aromatic heterocycles. The molecule has 6 nitrogen and oxygen atoms in total. The molecule has 26 heavy (non-hydrogen) atoms. The number of anilines is 1. The highest BCUT2D eigenvalue weighted by Crippen LogP contribution is 2.42. The Morgan fingerprint density at radius 1 is 1.23 bits per heavy atom. The van der Waals surface area contributed by atoms with Crippen LogP contribution in [0.3, 0.4) is 0 Å². The second kappa shape index (κ2) is 7.23. The number of benzene rings is 1. The van der Waals surface area contributed by atoms with Crippen LogP contribution in [0.2, 0.25) is 5.15 Å². The SMILES string of the molecule is COc1ccc(C2OCCO2)c2c1N(Cc1ccc(Cl)nc1)C(=O)CC2. The zero-order valence-corrected chi connectivity index (χ0v) is 15.2. The number of ether oxygens (including phenoxy) is 3. The van der Waals surface area contributed by atoms with E-state index in [1.54, 1.807) is 24.3 Å². The van der Waals surface area contributed by atoms with E-state index in [-0.39, 0.29) is 12.2 Å². The fourth-order valence-electron chi connectivity index (χ4n) is 3.45. The van der Waals surface area contributed by atoms with Gasteiger partial charge in [-0.2, -0.15) is 0 Å². The highest BCUT2D eigenvalue weighted by atomic mass is 35.5. The Bertz CT molecular complexity index is 819. The first-order valence-electron chi connectivity index (χ1n) is 8.51. The molecule has 0 spiro atoms. The van der Waals surface area contributed by atoms with Crippen molar-refractivity contribution in [3.8, 4) is 5.75 Å². The van der Waals surface area contributed by atoms with Gasteiger partial charge in [-0.1, -0.05) is 17.7 Å². The van der Waals surface area contributed by atoms with Crippen LogP contribution in [0.5, 0.6) is 5.75 Å². The zero-order chi connectivity index (χ0) is 18.1. The van der Waals surface area contributed by atoms with Crippen molar-refractivity contribution in [2.45, 2.75) is 25.7 Å². The summed E-state index contributed by atoms with van der Waals surface area (Å²) in [5.74, 6) is 0.716. The maximum absolute atomic E-state index is 12.7. The third-order valence-electron chi connectivity index (χ3n) is 4.67. The zero-order valence-electron chi connectivity index (χ0n) is 14.4. The van der Waals surface area contributed by atoms with Crippen LogP contribution in [-0.4, -0.2) is 31.2 Å². The van der Waals surface area contributed by atoms with Crippen molar-refractivity contribution in [3.05, 3.63) is 52.3 Å². The minimum atomic E-state index is -0.387. The standard InChI is InChI=1S/C19H19ClN2O4/c1-24-15-5-3-14(19-25-8-9-26-19)13-4-7-17(23)22(18(13)15)11-12-2-6-16(20)21-10-12/h2-3,5-6,10,19H,4,7-9,11H2,1H3. The van der Waals surface area contributed by atoms with Gasteiger partial charge in [0.15, 0.2) is 6.29 Å². The first-order valence-corrected chi connectivity index (χ1v) is 8.89. The summed E-state index contributed by atoms with van der Waals surface area (Å²) in [5, 5.41) is 0.425. The Morgan fingerprint density at radius 3 is 2.73 bits per heavy atom. The molecule has 1 amide bonds. The van der Waals surface area contributed by atoms with E-state index >= 15 is 0 Å². The van der Waals surface area contributed by atoms with Crippen molar-refractivity contribution in [2.75, 3.05) is 25.2 Å². The molecule has 0 unspecified atom stereocenters. The second-order valence-electron chi connectivity index (χ2n) is 6.23. The first-order chi connectivity index (χ1) is 12.7. The number of rotatable bonds is 4. The van der Waals surface area contributed by atoms with E-state index in [4.69, 9.17) is 25.8 Å². The maximum atomic E-state index is 12.7. The summed E-state index contributed by atoms with van der Waals surface area (Å²) in [6, 6.07) is 7.42. The molecule has 0 aliphatic carbocycles. The van der Waals surface area contributed by atoms with Crippen molar-refractivity contribution in [1.29, 1.82) is 0 Å². The fourth-order valence-corrected chi connectivity index (χ4v) is 3.57. The quantitative estimate of drug-likeness (QED) is 0.769. The molecule has 7 heteroatoms. The number of halogens is 1. The van der Waals surface area contributed by atoms with E-state index in [0.29, 0.717) is 43.5 Å². The van der Waals surface area contributed by atoms with Crippen LogP contribution < -0.4 is 9.64 Å². The molecule has 2 aliphatic rings. The molecule has 2 aliphatic heterocycles. The fraction of sp³-hybridized carbons (Fsp3) is 0.368. The number of methoxy groups -OCH3 is 1. The number of hydrogen-bond acceptors (Lipinski definition) is 5. The minimum absolute atomic E-state index is 0.0520. The van der Waals surface area contributed by atoms with Gasteiger partial charge in [-0.3, -0.25) is 4.79 Å². The smallest absolute Gasteiger partial charge is 0.227 e. The summed E-state index contributed by atoms with van der Waals surface area (Å²) >= 11 is 5.87. The van der Waals surface area contributed by atoms with Gasteiger partial charge < -0.3 is 19.1 Å². The third-order valence-corrected chi connectivity index (χ3v) is 4.89. The molecule has 0 radical (unpaired) electrons. The lowest BCUT2D eigenvalue weighted by atomic mass is 9.94. The average Bonchev–Trinajstić information content (AvgIpc) is 3.19. The molecule has 4 rings (SSSR count). The number of aromatic nitrogens is 1. The lowest BCUT2D eigenvalue weighted by Gasteiger charge is -2.33. The number of carbonyl (C=O) groups is 1. The number of carbonyl (C=O) groups excluding carboxylic acids is 1. The van der Waals surface area contributed by atoms with Crippen LogP contribution in [0.1, 0.15) is 29.4 Å². The van der Waals surface area contributed by atoms with Crippen molar-refractivity contribution in [1.82, 2.24) is 4.98 Å². The predicted molar refractivity (Wildman–Crippen MR) is 96.4 cm³/mol. The molecule has 136 valence electrons. The molecule has 1 saturated heterocycles. The van der Waals surface area contributed by atoms with Gasteiger partial charge in [-0.05, 0) is 35.7 Å². The Labute approximate surface area is 156 Å². The Balaban J connectivity index is 1.76. The lowest BCUT2D eigenvalue weighted by Crippen LogP contribution is -2.35. The highest BCUT2D eigenvalue weighted by molar-refractivity contribution is 6.29. The van der Waals surface area contributed by atoms with Crippen molar-refractivity contribution in [2.24, 2.45) is 0 Å². The summed E-state index contributed by atoms with van der Waals surface area (Å²) < 4.78 is 16.9. The van der Waals surface area contributed by atoms with Crippen LogP contribution in [0.25, 0.3) is 0 Å². The number of nitrogens with zero attached hydrogens (tertiary/aromatic N) is 2. The number of amides is 1. The van der Waals surface area contributed by atoms with Gasteiger partial charge in [0, 0.05) is 18.2 Å². The van der Waals surface area contributed by atoms with Crippen LogP contribution in [0.15, 0.2) is 30.5 Å². The van der Waals surface area contributed by atoms with E-state index in [1.807, 2.05) is 18.2 Å². The minimum Gasteiger partial charge on any atom is -0.495 e. The number of fused-ring (bicyclic) bond motifs is 1. The molecule has 0 saturated carbocycles. The highest BCUT2D eigenvalue weighted by Gasteiger charge is 2.32. The molecular weight excluding hydrogens is 356 g/mol. The number of pyridine rings is 1. The van der Waals surface area contributed by atoms with E-state index in [0.717, 1.165) is 22.4 Å². The summed E-state index contributed by atoms with van der Waals surface area (Å²) in [4.78, 5) is 18.5. The molecule has 0 atom stereocenters. The van der Waals surface area contributed by atoms with E-state index in [2.05, 4.69) is 4.98 Å². The largest absolute Gasteiger partial charge is 0.495 e. The van der Waals surface area contributed by atoms with E-state index < -0.39 is 0 Å². The first kappa shape index (κ1) is 17.3. The lowest BCUT2D eigenvalue weighted by molar-refractivity contribution is -0.119. The van der Waals surface area contributed by atoms with Gasteiger partial charge in [-0.25, -0.2) is 4.98 Å². The van der Waals surface area contributed by atoms with E-state index in [1.165, 1.54) is 0 Å². The molecular formula is C19H19ClN2O4. The van der Waals surface area contributed by atoms with Gasteiger partial charge in [0.2, 0.25) is 5.91 Å². The van der Waals surface area contributed by atoms with Crippen molar-refractivity contribution in [3.63, 3.8) is 0 Å². The molecule has 2 aromatic rings. The Kier molecular flexibility index (Phi) is 4.80. The van der Waals surface area contributed by atoms with Gasteiger partial charge in [-0.15, -0.1) is 0 Å². The summed E-state index contributed by atoms with van der Waals surface area (Å²) in [5.41, 5.74) is 3.69. The molecule has 0 N–H and O–H groups in total. The average molecular weight is 375 g/mol. The second-order valence-corrected chi connectivity index (χ2v) is 6.61. The molecule has 3 heterocycles. The van der Waals surface area contributed by atoms with Gasteiger partial charge in [0.1, 0.15) is 10.9 Å². The summed E-state index contributed by atoms with van der Waals surface area (Å²) in [6.45, 7) is 1.55. The molecule has 1 fully saturated rings. The number of hydrogen-bond donors (Lipinski definition) is 0. The molecule has 1 aromatic carbocycles. The topological polar surface area (TPSA) is 60.9 Å². The molecule has 0 bridgehead atoms. The Morgan fingerprint density at radius 2 is 2.04 bits per heavy atom. The van der Waals surface area contributed by atoms with Crippen LogP contribution in [-0.2, 0) is 27.2 Å². The van der Waals surface area contributed by atoms with Gasteiger partial charge in [0.25, 0.3) is 0 Å². The maximum Gasteiger partial charge on any atom is 0.227 e. The normalized spacial score (nSPS) is 17.5. The Hall–Kier alpha value is -2.15. The van der Waals surface area contributed by atoms with Crippen LogP contribution >= 0.6 is 11.6 Å². The van der Waals surface area contributed by atoms with Gasteiger partial charge in [0.05, 0.1) is 32.6 Å². The van der Waals surface area contributed by atoms with Crippen LogP contribution in [0.4, 0.5) is 5.69 Å². The summed E-state index contributed by atoms with van der Waals surface area (Å²) in [6.07, 6.45) is 2.37. The van der Waals surface area contributed by atoms with Crippen molar-refractivity contribution >= 4 is 23.2 Å².